The lowest BCUT2D eigenvalue weighted by Crippen LogP contribution is -2.53. The number of nitrogens with two attached hydrogens (primary N) is 1. The number of aliphatic hydroxyl groups is 4. The molecule has 12 rings (SSSR count). The number of aromatic amines is 1. The van der Waals surface area contributed by atoms with Crippen LogP contribution in [0.1, 0.15) is 105 Å². The van der Waals surface area contributed by atoms with Crippen molar-refractivity contribution in [2.24, 2.45) is 11.7 Å². The molecule has 6 aliphatic rings. The topological polar surface area (TPSA) is 566 Å². The third-order valence-electron chi connectivity index (χ3n) is 17.1. The maximum atomic E-state index is 12.3. The second-order valence-electron chi connectivity index (χ2n) is 31.9. The van der Waals surface area contributed by atoms with E-state index in [4.69, 9.17) is 62.3 Å². The van der Waals surface area contributed by atoms with E-state index in [1.165, 1.54) is 24.5 Å². The average Bonchev–Trinajstić information content (AvgIpc) is 0.903. The van der Waals surface area contributed by atoms with E-state index in [1.807, 2.05) is 12.1 Å². The Morgan fingerprint density at radius 2 is 1.03 bits per heavy atom. The van der Waals surface area contributed by atoms with Crippen LogP contribution < -0.4 is 77.2 Å². The summed E-state index contributed by atoms with van der Waals surface area (Å²) in [6.45, 7) is 36.3. The Bertz CT molecular complexity index is 4430. The molecule has 0 spiro atoms. The summed E-state index contributed by atoms with van der Waals surface area (Å²) in [5.41, 5.74) is 8.84. The first-order valence-electron chi connectivity index (χ1n) is 40.0. The van der Waals surface area contributed by atoms with Gasteiger partial charge in [-0.3, -0.25) is 18.7 Å². The molecule has 2 unspecified atom stereocenters. The maximum absolute atomic E-state index is 12.3. The summed E-state index contributed by atoms with van der Waals surface area (Å²) in [4.78, 5) is 48.7. The number of aromatic nitrogens is 8. The largest absolute Gasteiger partial charge is 0.491 e. The molecule has 0 bridgehead atoms. The zero-order valence-corrected chi connectivity index (χ0v) is 75.3. The fourth-order valence-electron chi connectivity index (χ4n) is 10.7. The van der Waals surface area contributed by atoms with Crippen molar-refractivity contribution in [2.45, 2.75) is 142 Å². The number of morpholine rings is 3. The van der Waals surface area contributed by atoms with Gasteiger partial charge in [0.1, 0.15) is 84.8 Å². The molecule has 684 valence electrons. The second-order valence-corrected chi connectivity index (χ2v) is 36.7. The van der Waals surface area contributed by atoms with Gasteiger partial charge < -0.3 is 120 Å². The smallest absolute Gasteiger partial charge is 0.352 e. The Hall–Kier alpha value is -7.72. The highest BCUT2D eigenvalue weighted by Crippen LogP contribution is 2.32. The molecule has 0 amide bonds. The molecule has 17 N–H and O–H groups in total. The molecule has 4 atom stereocenters. The molecule has 4 aromatic heterocycles. The number of rotatable bonds is 34. The van der Waals surface area contributed by atoms with E-state index in [9.17, 15) is 51.6 Å². The van der Waals surface area contributed by atoms with Crippen molar-refractivity contribution in [3.8, 4) is 34.8 Å². The van der Waals surface area contributed by atoms with Gasteiger partial charge in [0.2, 0.25) is 22.9 Å². The van der Waals surface area contributed by atoms with E-state index in [-0.39, 0.29) is 89.1 Å². The highest BCUT2D eigenvalue weighted by Gasteiger charge is 2.27. The normalized spacial score (nSPS) is 15.6. The van der Waals surface area contributed by atoms with Gasteiger partial charge >= 0.3 is 5.97 Å². The Kier molecular flexibility index (Phi) is 43.6. The van der Waals surface area contributed by atoms with Gasteiger partial charge in [-0.1, -0.05) is 38.1 Å². The number of anilines is 3. The quantitative estimate of drug-likeness (QED) is 0.0119. The number of fused-ring (bicyclic) bond motifs is 4. The van der Waals surface area contributed by atoms with Crippen LogP contribution in [-0.2, 0) is 45.6 Å². The third kappa shape index (κ3) is 40.9. The minimum atomic E-state index is -3.80. The summed E-state index contributed by atoms with van der Waals surface area (Å²) >= 11 is 3.37. The van der Waals surface area contributed by atoms with Crippen molar-refractivity contribution < 1.29 is 104 Å². The van der Waals surface area contributed by atoms with Crippen molar-refractivity contribution in [3.05, 3.63) is 92.4 Å². The highest BCUT2D eigenvalue weighted by molar-refractivity contribution is 7.86. The molecule has 6 aromatic rings. The number of hydrogen-bond donors (Lipinski definition) is 14. The number of benzene rings is 3. The lowest BCUT2D eigenvalue weighted by molar-refractivity contribution is -0.360. The van der Waals surface area contributed by atoms with Gasteiger partial charge in [-0.05, 0) is 117 Å². The number of ether oxygens (including phenoxy) is 8. The first kappa shape index (κ1) is 103. The Morgan fingerprint density at radius 1 is 0.607 bits per heavy atom. The molecule has 122 heavy (non-hydrogen) atoms. The molecule has 4 fully saturated rings. The van der Waals surface area contributed by atoms with Crippen molar-refractivity contribution in [3.63, 3.8) is 0 Å². The predicted octanol–water partition coefficient (Wildman–Crippen LogP) is 2.68. The maximum Gasteiger partial charge on any atom is 0.352 e. The number of β-amino-alcohol motifs (C(OH)–C–C–N with tert-alkyl or cyclic N) is 3. The van der Waals surface area contributed by atoms with Crippen molar-refractivity contribution >= 4 is 101 Å². The van der Waals surface area contributed by atoms with Gasteiger partial charge in [-0.15, -0.1) is 13.1 Å². The molecule has 45 heteroatoms. The molecule has 1 saturated carbocycles. The second kappa shape index (κ2) is 51.7. The molecule has 8 heterocycles. The van der Waals surface area contributed by atoms with Crippen LogP contribution in [0.5, 0.6) is 23.4 Å². The number of nitrogens with one attached hydrogen (secondary N) is 5. The van der Waals surface area contributed by atoms with Crippen LogP contribution >= 0.6 is 35.2 Å². The molecule has 4 aliphatic heterocycles. The van der Waals surface area contributed by atoms with E-state index < -0.39 is 61.5 Å². The number of carbonyl (C=O) groups is 1. The number of aliphatic hydroxyl groups excluding tert-OH is 4. The lowest BCUT2D eigenvalue weighted by atomic mass is 10.1. The zero-order chi connectivity index (χ0) is 89.6. The van der Waals surface area contributed by atoms with Gasteiger partial charge in [-0.25, -0.2) is 9.78 Å². The number of carboxylic acid groups (broad SMARTS) is 1. The van der Waals surface area contributed by atoms with Crippen molar-refractivity contribution in [1.29, 1.82) is 0 Å². The summed E-state index contributed by atoms with van der Waals surface area (Å²) in [7, 11) is -7.54. The van der Waals surface area contributed by atoms with Crippen LogP contribution in [0.15, 0.2) is 74.7 Å². The van der Waals surface area contributed by atoms with E-state index in [0.29, 0.717) is 107 Å². The summed E-state index contributed by atoms with van der Waals surface area (Å²) in [6.07, 6.45) is 1.39. The lowest BCUT2D eigenvalue weighted by Gasteiger charge is -2.27. The van der Waals surface area contributed by atoms with Crippen LogP contribution in [0.25, 0.3) is 33.5 Å². The van der Waals surface area contributed by atoms with Crippen LogP contribution in [-0.4, -0.2) is 310 Å². The number of pyridine rings is 1. The first-order chi connectivity index (χ1) is 57.7. The van der Waals surface area contributed by atoms with Gasteiger partial charge in [0.25, 0.3) is 37.9 Å². The number of hydrogen-bond acceptors (Lipinski definition) is 38. The molecule has 2 aromatic carbocycles. The highest BCUT2D eigenvalue weighted by atomic mass is 32.2. The Balaban J connectivity index is 0.000000227. The van der Waals surface area contributed by atoms with E-state index in [1.54, 1.807) is 24.3 Å². The summed E-state index contributed by atoms with van der Waals surface area (Å²) in [5, 5.41) is 61.6. The molecular weight excluding hydrogens is 1690 g/mol. The SMILES string of the molecule is CC(C)(C)NCC(O)COc1nsnc1N1CCOCC1.CC(C)(C)NC[C@@H](O)COc1nsnc1N1CCOCC1.CC(C)(C)NC[C@H](O)COc1nsnc1N1CCOCC1.CC(C)NCC(O)COc1ccc(CCOCC2CC2)cc1.NCCS(=O)(=O)O.O=C(O)c1cc(=O)c2c3nc4ccccc4oc-3cc(=O)c2[nH]1.[NH3+]CCS(=O)(=O)O. The molecule has 40 nitrogen and oxygen atoms in total. The number of para-hydroxylation sites is 2. The van der Waals surface area contributed by atoms with Crippen LogP contribution in [0.2, 0.25) is 0 Å². The molecule has 2 aliphatic carbocycles. The van der Waals surface area contributed by atoms with E-state index in [0.717, 1.165) is 129 Å². The minimum absolute atomic E-state index is 0.0204. The summed E-state index contributed by atoms with van der Waals surface area (Å²) in [6, 6.07) is 17.5. The van der Waals surface area contributed by atoms with Gasteiger partial charge in [0, 0.05) is 113 Å². The number of quaternary nitrogens is 1. The summed E-state index contributed by atoms with van der Waals surface area (Å²) in [5.74, 6) is 3.62. The predicted molar refractivity (Wildman–Crippen MR) is 467 cm³/mol. The monoisotopic (exact) mass is 1810 g/mol. The summed E-state index contributed by atoms with van der Waals surface area (Å²) < 4.78 is 130. The van der Waals surface area contributed by atoms with Gasteiger partial charge in [0.15, 0.2) is 16.8 Å². The van der Waals surface area contributed by atoms with Gasteiger partial charge in [0.05, 0.1) is 99.1 Å². The van der Waals surface area contributed by atoms with Gasteiger partial charge in [-0.2, -0.15) is 30.0 Å². The number of nitrogens with zero attached hydrogens (tertiary/aromatic N) is 10. The first-order valence-corrected chi connectivity index (χ1v) is 45.4. The third-order valence-corrected chi connectivity index (χ3v) is 20.2. The fraction of sp³-hybridized carbons (Fsp3) is 0.636. The van der Waals surface area contributed by atoms with Crippen LogP contribution in [0, 0.1) is 5.92 Å². The fourth-order valence-corrected chi connectivity index (χ4v) is 12.9. The van der Waals surface area contributed by atoms with Crippen LogP contribution in [0.4, 0.5) is 17.5 Å². The average molecular weight is 1820 g/mol. The molecule has 0 radical (unpaired) electrons. The minimum Gasteiger partial charge on any atom is -0.491 e. The van der Waals surface area contributed by atoms with E-state index >= 15 is 0 Å². The van der Waals surface area contributed by atoms with Crippen LogP contribution in [0.3, 0.4) is 0 Å². The zero-order valence-electron chi connectivity index (χ0n) is 71.2. The Labute approximate surface area is 723 Å². The number of carboxylic acids is 1. The van der Waals surface area contributed by atoms with Crippen molar-refractivity contribution in [2.75, 3.05) is 184 Å². The number of aromatic carboxylic acids is 1. The molecule has 3 saturated heterocycles. The number of H-pyrrole nitrogens is 1. The van der Waals surface area contributed by atoms with Crippen molar-refractivity contribution in [1.82, 2.24) is 57.5 Å². The molecular formula is C77H124N17O23S5+. The van der Waals surface area contributed by atoms with E-state index in [2.05, 4.69) is 166 Å². The standard InChI is InChI=1S/C18H29NO3.C16H8N2O5.3C13H24N4O3S.2C2H7NO3S/c1-14(2)19-11-17(20)13-22-18-7-5-15(6-8-18)9-10-21-12-16-3-4-16;19-9-5-8(16(21)22)18-14-10(20)6-12-15(13(9)14)17-7-3-1-2-4-11(7)23-12;3*1-13(2,3)14-8-10(18)9-20-12-11(15-21-16-12)17-4-6-19-7-5-17;2*3-1-2-7(4,5)6/h5-8,14,16-17,19-20H,3-4,9-13H2,1-2H3;1-6H,(H,18,19)(H,21,22);3*10,14,18H,4-9H2,1-3H3;2*1-3H2,(H,4,5,6)/p+1/t;;2*10-;;;/m..10.../s1. The Morgan fingerprint density at radius 3 is 1.41 bits per heavy atom.